The molecule has 0 spiro atoms. The van der Waals surface area contributed by atoms with Crippen molar-refractivity contribution in [3.05, 3.63) is 102 Å². The monoisotopic (exact) mass is 503 g/mol. The molecule has 0 N–H and O–H groups in total. The van der Waals surface area contributed by atoms with Crippen molar-refractivity contribution < 1.29 is 13.3 Å². The van der Waals surface area contributed by atoms with E-state index in [1.54, 1.807) is 28.9 Å². The van der Waals surface area contributed by atoms with Crippen LogP contribution in [0.3, 0.4) is 0 Å². The molecule has 4 aromatic rings. The SMILES string of the molecule is C=C=C(C)Cn1nc(-c2ccc(F)cc2)nc1-c1ccc(F)cc1.C=CCC(CCC)c1nc(C)no1. The Morgan fingerprint density at radius 2 is 1.68 bits per heavy atom. The molecule has 1 unspecified atom stereocenters. The van der Waals surface area contributed by atoms with Crippen LogP contribution in [0.4, 0.5) is 8.78 Å². The zero-order valence-electron chi connectivity index (χ0n) is 21.4. The lowest BCUT2D eigenvalue weighted by Gasteiger charge is -2.07. The fourth-order valence-electron chi connectivity index (χ4n) is 3.64. The Morgan fingerprint density at radius 3 is 2.19 bits per heavy atom. The third-order valence-electron chi connectivity index (χ3n) is 5.55. The summed E-state index contributed by atoms with van der Waals surface area (Å²) in [5, 5.41) is 8.28. The average molecular weight is 504 g/mol. The van der Waals surface area contributed by atoms with Crippen LogP contribution in [0, 0.1) is 18.6 Å². The molecule has 6 nitrogen and oxygen atoms in total. The van der Waals surface area contributed by atoms with Crippen molar-refractivity contribution in [2.45, 2.75) is 52.5 Å². The van der Waals surface area contributed by atoms with Crippen LogP contribution in [0.5, 0.6) is 0 Å². The summed E-state index contributed by atoms with van der Waals surface area (Å²) in [6, 6.07) is 12.0. The number of aromatic nitrogens is 5. The van der Waals surface area contributed by atoms with E-state index < -0.39 is 0 Å². The Balaban J connectivity index is 0.000000248. The normalized spacial score (nSPS) is 11.3. The van der Waals surface area contributed by atoms with Crippen LogP contribution in [-0.2, 0) is 6.54 Å². The predicted octanol–water partition coefficient (Wildman–Crippen LogP) is 7.46. The summed E-state index contributed by atoms with van der Waals surface area (Å²) in [6.07, 6.45) is 5.02. The maximum absolute atomic E-state index is 13.2. The lowest BCUT2D eigenvalue weighted by molar-refractivity contribution is 0.343. The van der Waals surface area contributed by atoms with Gasteiger partial charge in [-0.15, -0.1) is 12.3 Å². The molecule has 0 bridgehead atoms. The standard InChI is InChI=1S/C19H15F2N3.C10H16N2O/c1-3-13(2)12-24-19(15-6-10-17(21)11-7-15)22-18(23-24)14-4-8-16(20)9-5-14;1-4-6-9(7-5-2)10-11-8(3)12-13-10/h4-11H,1,12H2,2H3;4,9H,1,5-7H2,2-3H3. The number of halogens is 2. The van der Waals surface area contributed by atoms with E-state index in [0.717, 1.165) is 36.3 Å². The van der Waals surface area contributed by atoms with Crippen LogP contribution >= 0.6 is 0 Å². The fraction of sp³-hybridized carbons (Fsp3) is 0.276. The van der Waals surface area contributed by atoms with Gasteiger partial charge in [0.05, 0.1) is 6.54 Å². The van der Waals surface area contributed by atoms with E-state index >= 15 is 0 Å². The third kappa shape index (κ3) is 7.66. The summed E-state index contributed by atoms with van der Waals surface area (Å²) in [5.41, 5.74) is 5.18. The van der Waals surface area contributed by atoms with Crippen LogP contribution < -0.4 is 0 Å². The molecular formula is C29H31F2N5O. The zero-order valence-corrected chi connectivity index (χ0v) is 21.4. The quantitative estimate of drug-likeness (QED) is 0.175. The highest BCUT2D eigenvalue weighted by Gasteiger charge is 2.16. The van der Waals surface area contributed by atoms with Crippen LogP contribution in [0.1, 0.15) is 50.7 Å². The van der Waals surface area contributed by atoms with Gasteiger partial charge in [0.1, 0.15) is 11.6 Å². The largest absolute Gasteiger partial charge is 0.339 e. The number of hydrogen-bond donors (Lipinski definition) is 0. The molecule has 0 aliphatic carbocycles. The highest BCUT2D eigenvalue weighted by molar-refractivity contribution is 5.61. The Labute approximate surface area is 216 Å². The van der Waals surface area contributed by atoms with Gasteiger partial charge >= 0.3 is 0 Å². The van der Waals surface area contributed by atoms with Gasteiger partial charge in [0, 0.05) is 17.0 Å². The number of benzene rings is 2. The van der Waals surface area contributed by atoms with Crippen LogP contribution in [0.25, 0.3) is 22.8 Å². The lowest BCUT2D eigenvalue weighted by atomic mass is 10.00. The van der Waals surface area contributed by atoms with Gasteiger partial charge in [-0.25, -0.2) is 18.4 Å². The maximum Gasteiger partial charge on any atom is 0.230 e. The molecule has 0 amide bonds. The Morgan fingerprint density at radius 1 is 1.05 bits per heavy atom. The summed E-state index contributed by atoms with van der Waals surface area (Å²) in [5.74, 6) is 2.26. The topological polar surface area (TPSA) is 69.6 Å². The minimum Gasteiger partial charge on any atom is -0.339 e. The Kier molecular flexibility index (Phi) is 9.81. The zero-order chi connectivity index (χ0) is 26.8. The second kappa shape index (κ2) is 13.2. The first kappa shape index (κ1) is 27.4. The molecule has 0 radical (unpaired) electrons. The molecule has 8 heteroatoms. The van der Waals surface area contributed by atoms with Gasteiger partial charge < -0.3 is 4.52 Å². The number of allylic oxidation sites excluding steroid dienone is 2. The van der Waals surface area contributed by atoms with Gasteiger partial charge in [0.15, 0.2) is 17.5 Å². The molecule has 0 saturated carbocycles. The first-order chi connectivity index (χ1) is 17.8. The molecule has 0 fully saturated rings. The minimum atomic E-state index is -0.317. The predicted molar refractivity (Wildman–Crippen MR) is 141 cm³/mol. The molecule has 0 saturated heterocycles. The second-order valence-electron chi connectivity index (χ2n) is 8.58. The van der Waals surface area contributed by atoms with E-state index in [1.165, 1.54) is 24.3 Å². The van der Waals surface area contributed by atoms with Crippen LogP contribution in [0.15, 0.2) is 83.6 Å². The van der Waals surface area contributed by atoms with Crippen LogP contribution in [-0.4, -0.2) is 24.9 Å². The van der Waals surface area contributed by atoms with Gasteiger partial charge in [-0.2, -0.15) is 10.1 Å². The summed E-state index contributed by atoms with van der Waals surface area (Å²) in [6.45, 7) is 13.7. The highest BCUT2D eigenvalue weighted by atomic mass is 19.1. The summed E-state index contributed by atoms with van der Waals surface area (Å²) in [7, 11) is 0. The van der Waals surface area contributed by atoms with E-state index in [9.17, 15) is 8.78 Å². The van der Waals surface area contributed by atoms with Gasteiger partial charge in [-0.3, -0.25) is 0 Å². The molecule has 4 rings (SSSR count). The van der Waals surface area contributed by atoms with Crippen molar-refractivity contribution in [2.24, 2.45) is 0 Å². The highest BCUT2D eigenvalue weighted by Crippen LogP contribution is 2.24. The van der Waals surface area contributed by atoms with Gasteiger partial charge in [-0.05, 0) is 80.8 Å². The number of rotatable bonds is 9. The van der Waals surface area contributed by atoms with Crippen molar-refractivity contribution in [2.75, 3.05) is 0 Å². The van der Waals surface area contributed by atoms with Crippen molar-refractivity contribution >= 4 is 0 Å². The first-order valence-electron chi connectivity index (χ1n) is 12.1. The maximum atomic E-state index is 13.2. The van der Waals surface area contributed by atoms with E-state index in [-0.39, 0.29) is 11.6 Å². The second-order valence-corrected chi connectivity index (χ2v) is 8.58. The fourth-order valence-corrected chi connectivity index (χ4v) is 3.64. The molecular weight excluding hydrogens is 472 g/mol. The molecule has 37 heavy (non-hydrogen) atoms. The van der Waals surface area contributed by atoms with Crippen molar-refractivity contribution in [3.63, 3.8) is 0 Å². The number of aryl methyl sites for hydroxylation is 1. The summed E-state index contributed by atoms with van der Waals surface area (Å²) in [4.78, 5) is 8.77. The van der Waals surface area contributed by atoms with Gasteiger partial charge in [0.25, 0.3) is 0 Å². The van der Waals surface area contributed by atoms with Crippen LogP contribution in [0.2, 0.25) is 0 Å². The molecule has 0 aliphatic heterocycles. The number of nitrogens with zero attached hydrogens (tertiary/aromatic N) is 5. The van der Waals surface area contributed by atoms with E-state index in [4.69, 9.17) is 4.52 Å². The average Bonchev–Trinajstić information content (AvgIpc) is 3.51. The molecule has 1 atom stereocenters. The Bertz CT molecular complexity index is 1350. The lowest BCUT2D eigenvalue weighted by Crippen LogP contribution is -2.03. The minimum absolute atomic E-state index is 0.314. The first-order valence-corrected chi connectivity index (χ1v) is 12.1. The molecule has 2 heterocycles. The molecule has 2 aromatic heterocycles. The number of hydrogen-bond acceptors (Lipinski definition) is 5. The summed E-state index contributed by atoms with van der Waals surface area (Å²) < 4.78 is 33.1. The molecule has 0 aliphatic rings. The van der Waals surface area contributed by atoms with E-state index in [1.807, 2.05) is 19.9 Å². The molecule has 2 aromatic carbocycles. The van der Waals surface area contributed by atoms with Gasteiger partial charge in [-0.1, -0.05) is 31.2 Å². The van der Waals surface area contributed by atoms with E-state index in [0.29, 0.717) is 35.5 Å². The van der Waals surface area contributed by atoms with Gasteiger partial charge in [0.2, 0.25) is 5.89 Å². The van der Waals surface area contributed by atoms with Crippen molar-refractivity contribution in [1.82, 2.24) is 24.9 Å². The Hall–Kier alpha value is -4.16. The van der Waals surface area contributed by atoms with Crippen molar-refractivity contribution in [1.29, 1.82) is 0 Å². The van der Waals surface area contributed by atoms with E-state index in [2.05, 4.69) is 46.0 Å². The summed E-state index contributed by atoms with van der Waals surface area (Å²) >= 11 is 0. The third-order valence-corrected chi connectivity index (χ3v) is 5.55. The van der Waals surface area contributed by atoms with Crippen molar-refractivity contribution in [3.8, 4) is 22.8 Å². The molecule has 192 valence electrons. The smallest absolute Gasteiger partial charge is 0.230 e.